The Balaban J connectivity index is 1.98. The van der Waals surface area contributed by atoms with Crippen LogP contribution in [0.5, 0.6) is 0 Å². The first-order chi connectivity index (χ1) is 6.74. The third kappa shape index (κ3) is 2.42. The van der Waals surface area contributed by atoms with E-state index >= 15 is 0 Å². The monoisotopic (exact) mass is 208 g/mol. The van der Waals surface area contributed by atoms with Crippen molar-refractivity contribution < 1.29 is 0 Å². The van der Waals surface area contributed by atoms with Gasteiger partial charge in [-0.05, 0) is 26.2 Å². The lowest BCUT2D eigenvalue weighted by atomic mass is 9.94. The molecule has 0 saturated carbocycles. The lowest BCUT2D eigenvalue weighted by molar-refractivity contribution is 0.583. The molecule has 1 atom stereocenters. The Morgan fingerprint density at radius 1 is 1.64 bits per heavy atom. The highest BCUT2D eigenvalue weighted by molar-refractivity contribution is 7.09. The van der Waals surface area contributed by atoms with Gasteiger partial charge >= 0.3 is 0 Å². The average Bonchev–Trinajstić information content (AvgIpc) is 2.56. The van der Waals surface area contributed by atoms with Gasteiger partial charge in [0.25, 0.3) is 0 Å². The largest absolute Gasteiger partial charge is 0.327 e. The second-order valence-corrected chi connectivity index (χ2v) is 4.90. The van der Waals surface area contributed by atoms with E-state index in [-0.39, 0.29) is 0 Å². The van der Waals surface area contributed by atoms with Crippen molar-refractivity contribution in [2.24, 2.45) is 5.73 Å². The van der Waals surface area contributed by atoms with Gasteiger partial charge in [-0.1, -0.05) is 11.6 Å². The van der Waals surface area contributed by atoms with Crippen LogP contribution in [-0.4, -0.2) is 11.0 Å². The summed E-state index contributed by atoms with van der Waals surface area (Å²) in [5.41, 5.74) is 8.49. The van der Waals surface area contributed by atoms with Crippen molar-refractivity contribution in [3.05, 3.63) is 27.7 Å². The second-order valence-electron chi connectivity index (χ2n) is 3.96. The lowest BCUT2D eigenvalue weighted by Crippen LogP contribution is -2.22. The number of aryl methyl sites for hydroxylation is 1. The van der Waals surface area contributed by atoms with Crippen LogP contribution in [-0.2, 0) is 6.42 Å². The summed E-state index contributed by atoms with van der Waals surface area (Å²) in [7, 11) is 0. The minimum atomic E-state index is 0.386. The molecule has 1 aliphatic rings. The molecule has 0 spiro atoms. The van der Waals surface area contributed by atoms with Crippen molar-refractivity contribution in [1.29, 1.82) is 0 Å². The zero-order valence-corrected chi connectivity index (χ0v) is 9.31. The quantitative estimate of drug-likeness (QED) is 0.758. The van der Waals surface area contributed by atoms with E-state index in [0.717, 1.165) is 31.4 Å². The fourth-order valence-corrected chi connectivity index (χ4v) is 2.57. The Kier molecular flexibility index (Phi) is 2.99. The fourth-order valence-electron chi connectivity index (χ4n) is 1.75. The lowest BCUT2D eigenvalue weighted by Gasteiger charge is -2.17. The van der Waals surface area contributed by atoms with Crippen molar-refractivity contribution in [2.45, 2.75) is 38.6 Å². The van der Waals surface area contributed by atoms with Crippen molar-refractivity contribution in [3.63, 3.8) is 0 Å². The minimum Gasteiger partial charge on any atom is -0.327 e. The minimum absolute atomic E-state index is 0.386. The van der Waals surface area contributed by atoms with Crippen LogP contribution in [0, 0.1) is 6.92 Å². The van der Waals surface area contributed by atoms with Gasteiger partial charge in [-0.15, -0.1) is 11.3 Å². The first-order valence-electron chi connectivity index (χ1n) is 5.08. The number of allylic oxidation sites excluding steroid dienone is 1. The number of nitrogens with two attached hydrogens (primary N) is 1. The average molecular weight is 208 g/mol. The summed E-state index contributed by atoms with van der Waals surface area (Å²) in [6, 6.07) is 0.386. The molecule has 0 bridgehead atoms. The maximum Gasteiger partial charge on any atom is 0.0968 e. The Morgan fingerprint density at radius 2 is 2.50 bits per heavy atom. The second kappa shape index (κ2) is 4.24. The van der Waals surface area contributed by atoms with Crippen molar-refractivity contribution in [2.75, 3.05) is 0 Å². The van der Waals surface area contributed by atoms with E-state index in [2.05, 4.69) is 16.4 Å². The molecule has 1 aromatic heterocycles. The van der Waals surface area contributed by atoms with E-state index in [1.165, 1.54) is 10.6 Å². The molecule has 0 radical (unpaired) electrons. The van der Waals surface area contributed by atoms with E-state index in [1.807, 2.05) is 6.92 Å². The molecule has 1 aliphatic carbocycles. The molecule has 2 N–H and O–H groups in total. The highest BCUT2D eigenvalue weighted by Crippen LogP contribution is 2.22. The smallest absolute Gasteiger partial charge is 0.0968 e. The van der Waals surface area contributed by atoms with Crippen molar-refractivity contribution >= 4 is 11.3 Å². The molecule has 1 aromatic rings. The fraction of sp³-hybridized carbons (Fsp3) is 0.545. The van der Waals surface area contributed by atoms with Gasteiger partial charge in [-0.2, -0.15) is 0 Å². The van der Waals surface area contributed by atoms with Crippen LogP contribution in [0.1, 0.15) is 30.0 Å². The first kappa shape index (κ1) is 9.87. The van der Waals surface area contributed by atoms with Crippen LogP contribution < -0.4 is 5.73 Å². The standard InChI is InChI=1S/C11H16N2S/c1-8-7-14-11(13-8)6-9-2-4-10(12)5-3-9/h2,7,10H,3-6,12H2,1H3. The molecule has 0 aromatic carbocycles. The number of rotatable bonds is 2. The van der Waals surface area contributed by atoms with Gasteiger partial charge in [-0.3, -0.25) is 0 Å². The highest BCUT2D eigenvalue weighted by atomic mass is 32.1. The van der Waals surface area contributed by atoms with Crippen LogP contribution >= 0.6 is 11.3 Å². The Bertz CT molecular complexity index is 341. The summed E-state index contributed by atoms with van der Waals surface area (Å²) < 4.78 is 0. The topological polar surface area (TPSA) is 38.9 Å². The highest BCUT2D eigenvalue weighted by Gasteiger charge is 2.11. The SMILES string of the molecule is Cc1csc(CC2=CCC(N)CC2)n1. The molecule has 0 saturated heterocycles. The maximum absolute atomic E-state index is 5.84. The van der Waals surface area contributed by atoms with Gasteiger partial charge in [-0.25, -0.2) is 4.98 Å². The van der Waals surface area contributed by atoms with E-state index in [1.54, 1.807) is 11.3 Å². The molecule has 1 heterocycles. The van der Waals surface area contributed by atoms with Gasteiger partial charge < -0.3 is 5.73 Å². The number of nitrogens with zero attached hydrogens (tertiary/aromatic N) is 1. The summed E-state index contributed by atoms with van der Waals surface area (Å²) in [5, 5.41) is 3.36. The number of hydrogen-bond acceptors (Lipinski definition) is 3. The molecule has 14 heavy (non-hydrogen) atoms. The normalized spacial score (nSPS) is 22.1. The first-order valence-corrected chi connectivity index (χ1v) is 5.96. The van der Waals surface area contributed by atoms with E-state index in [0.29, 0.717) is 6.04 Å². The summed E-state index contributed by atoms with van der Waals surface area (Å²) in [6.07, 6.45) is 6.66. The number of aromatic nitrogens is 1. The molecule has 2 nitrogen and oxygen atoms in total. The predicted octanol–water partition coefficient (Wildman–Crippen LogP) is 2.43. The molecule has 0 amide bonds. The summed E-state index contributed by atoms with van der Waals surface area (Å²) >= 11 is 1.76. The van der Waals surface area contributed by atoms with Gasteiger partial charge in [0.15, 0.2) is 0 Å². The summed E-state index contributed by atoms with van der Waals surface area (Å²) in [6.45, 7) is 2.05. The maximum atomic E-state index is 5.84. The number of hydrogen-bond donors (Lipinski definition) is 1. The van der Waals surface area contributed by atoms with E-state index in [4.69, 9.17) is 5.73 Å². The molecule has 3 heteroatoms. The molecule has 0 fully saturated rings. The molecule has 2 rings (SSSR count). The Hall–Kier alpha value is -0.670. The zero-order valence-electron chi connectivity index (χ0n) is 8.49. The molecule has 1 unspecified atom stereocenters. The Labute approximate surface area is 88.9 Å². The number of thiazole rings is 1. The summed E-state index contributed by atoms with van der Waals surface area (Å²) in [5.74, 6) is 0. The van der Waals surface area contributed by atoms with Crippen LogP contribution in [0.2, 0.25) is 0 Å². The third-order valence-corrected chi connectivity index (χ3v) is 3.56. The Morgan fingerprint density at radius 3 is 3.07 bits per heavy atom. The van der Waals surface area contributed by atoms with Crippen LogP contribution in [0.15, 0.2) is 17.0 Å². The van der Waals surface area contributed by atoms with Crippen LogP contribution in [0.25, 0.3) is 0 Å². The summed E-state index contributed by atoms with van der Waals surface area (Å²) in [4.78, 5) is 4.47. The van der Waals surface area contributed by atoms with Crippen molar-refractivity contribution in [3.8, 4) is 0 Å². The van der Waals surface area contributed by atoms with Crippen LogP contribution in [0.3, 0.4) is 0 Å². The van der Waals surface area contributed by atoms with Gasteiger partial charge in [0.05, 0.1) is 5.01 Å². The van der Waals surface area contributed by atoms with Gasteiger partial charge in [0.2, 0.25) is 0 Å². The molecular weight excluding hydrogens is 192 g/mol. The third-order valence-electron chi connectivity index (χ3n) is 2.59. The molecule has 0 aliphatic heterocycles. The van der Waals surface area contributed by atoms with E-state index in [9.17, 15) is 0 Å². The molecule has 76 valence electrons. The van der Waals surface area contributed by atoms with Gasteiger partial charge in [0, 0.05) is 23.5 Å². The molecular formula is C11H16N2S. The zero-order chi connectivity index (χ0) is 9.97. The van der Waals surface area contributed by atoms with Crippen molar-refractivity contribution in [1.82, 2.24) is 4.98 Å². The van der Waals surface area contributed by atoms with Crippen LogP contribution in [0.4, 0.5) is 0 Å². The van der Waals surface area contributed by atoms with Gasteiger partial charge in [0.1, 0.15) is 0 Å². The van der Waals surface area contributed by atoms with E-state index < -0.39 is 0 Å². The predicted molar refractivity (Wildman–Crippen MR) is 60.5 cm³/mol.